The Morgan fingerprint density at radius 3 is 3.00 bits per heavy atom. The Hall–Kier alpha value is -1.33. The molecule has 0 aliphatic rings. The van der Waals surface area contributed by atoms with Crippen molar-refractivity contribution in [1.29, 1.82) is 0 Å². The van der Waals surface area contributed by atoms with Crippen molar-refractivity contribution in [1.82, 2.24) is 9.88 Å². The molecule has 1 heterocycles. The lowest BCUT2D eigenvalue weighted by Crippen LogP contribution is -2.29. The molecule has 1 rings (SSSR count). The molecular weight excluding hydrogens is 244 g/mol. The highest BCUT2D eigenvalue weighted by molar-refractivity contribution is 6.30. The van der Waals surface area contributed by atoms with Gasteiger partial charge in [-0.1, -0.05) is 11.6 Å². The number of aryl methyl sites for hydroxylation is 1. The van der Waals surface area contributed by atoms with Crippen LogP contribution in [0.2, 0.25) is 5.02 Å². The highest BCUT2D eigenvalue weighted by Crippen LogP contribution is 2.03. The third kappa shape index (κ3) is 5.01. The predicted molar refractivity (Wildman–Crippen MR) is 65.2 cm³/mol. The van der Waals surface area contributed by atoms with Gasteiger partial charge in [-0.3, -0.25) is 9.59 Å². The van der Waals surface area contributed by atoms with E-state index in [1.807, 2.05) is 0 Å². The zero-order chi connectivity index (χ0) is 12.7. The van der Waals surface area contributed by atoms with Gasteiger partial charge in [-0.25, -0.2) is 0 Å². The van der Waals surface area contributed by atoms with Crippen LogP contribution in [-0.4, -0.2) is 30.7 Å². The smallest absolute Gasteiger partial charge is 0.250 e. The monoisotopic (exact) mass is 258 g/mol. The molecule has 0 aromatic carbocycles. The van der Waals surface area contributed by atoms with Gasteiger partial charge in [0.1, 0.15) is 6.61 Å². The molecule has 1 N–H and O–H groups in total. The maximum Gasteiger partial charge on any atom is 0.250 e. The first-order valence-corrected chi connectivity index (χ1v) is 5.63. The second-order valence-electron chi connectivity index (χ2n) is 3.52. The van der Waals surface area contributed by atoms with Crippen LogP contribution in [0.25, 0.3) is 0 Å². The number of nitrogens with one attached hydrogen (secondary N) is 1. The van der Waals surface area contributed by atoms with E-state index in [1.54, 1.807) is 12.3 Å². The fourth-order valence-electron chi connectivity index (χ4n) is 1.34. The average Bonchev–Trinajstić information content (AvgIpc) is 2.29. The van der Waals surface area contributed by atoms with Gasteiger partial charge in [-0.2, -0.15) is 0 Å². The summed E-state index contributed by atoms with van der Waals surface area (Å²) in [6, 6.07) is 2.98. The van der Waals surface area contributed by atoms with Gasteiger partial charge < -0.3 is 14.6 Å². The molecule has 1 aromatic rings. The van der Waals surface area contributed by atoms with Gasteiger partial charge in [0.2, 0.25) is 5.91 Å². The molecule has 0 aliphatic heterocycles. The van der Waals surface area contributed by atoms with E-state index in [4.69, 9.17) is 11.6 Å². The number of halogens is 1. The van der Waals surface area contributed by atoms with Crippen molar-refractivity contribution in [3.8, 4) is 0 Å². The Labute approximate surface area is 104 Å². The standard InChI is InChI=1S/C11H15ClN2O3/c1-17-8-10(15)13-5-2-6-14-7-9(12)3-4-11(14)16/h3-4,7H,2,5-6,8H2,1H3,(H,13,15). The van der Waals surface area contributed by atoms with Gasteiger partial charge in [0, 0.05) is 32.5 Å². The Bertz CT molecular complexity index is 431. The van der Waals surface area contributed by atoms with Crippen molar-refractivity contribution in [3.63, 3.8) is 0 Å². The maximum absolute atomic E-state index is 11.4. The number of carbonyl (C=O) groups is 1. The van der Waals surface area contributed by atoms with Crippen LogP contribution in [-0.2, 0) is 16.1 Å². The molecule has 0 bridgehead atoms. The highest BCUT2D eigenvalue weighted by atomic mass is 35.5. The zero-order valence-corrected chi connectivity index (χ0v) is 10.4. The minimum Gasteiger partial charge on any atom is -0.375 e. The third-order valence-corrected chi connectivity index (χ3v) is 2.34. The van der Waals surface area contributed by atoms with Crippen LogP contribution in [0.1, 0.15) is 6.42 Å². The molecule has 0 saturated heterocycles. The number of rotatable bonds is 6. The average molecular weight is 259 g/mol. The van der Waals surface area contributed by atoms with Gasteiger partial charge in [0.05, 0.1) is 5.02 Å². The molecule has 6 heteroatoms. The zero-order valence-electron chi connectivity index (χ0n) is 9.61. The number of hydrogen-bond acceptors (Lipinski definition) is 3. The molecule has 0 radical (unpaired) electrons. The normalized spacial score (nSPS) is 10.2. The van der Waals surface area contributed by atoms with E-state index < -0.39 is 0 Å². The van der Waals surface area contributed by atoms with Crippen LogP contribution < -0.4 is 10.9 Å². The van der Waals surface area contributed by atoms with E-state index in [-0.39, 0.29) is 18.1 Å². The van der Waals surface area contributed by atoms with Crippen molar-refractivity contribution in [2.24, 2.45) is 0 Å². The largest absolute Gasteiger partial charge is 0.375 e. The van der Waals surface area contributed by atoms with Gasteiger partial charge in [-0.05, 0) is 12.5 Å². The summed E-state index contributed by atoms with van der Waals surface area (Å²) in [5.74, 6) is -0.161. The molecule has 0 atom stereocenters. The molecule has 0 aliphatic carbocycles. The number of aromatic nitrogens is 1. The van der Waals surface area contributed by atoms with Crippen LogP contribution in [0.3, 0.4) is 0 Å². The van der Waals surface area contributed by atoms with E-state index >= 15 is 0 Å². The maximum atomic E-state index is 11.4. The molecule has 5 nitrogen and oxygen atoms in total. The summed E-state index contributed by atoms with van der Waals surface area (Å²) in [7, 11) is 1.46. The summed E-state index contributed by atoms with van der Waals surface area (Å²) in [5.41, 5.74) is -0.0994. The number of pyridine rings is 1. The SMILES string of the molecule is COCC(=O)NCCCn1cc(Cl)ccc1=O. The summed E-state index contributed by atoms with van der Waals surface area (Å²) < 4.78 is 6.19. The number of ether oxygens (including phenoxy) is 1. The van der Waals surface area contributed by atoms with Crippen LogP contribution >= 0.6 is 11.6 Å². The first-order valence-electron chi connectivity index (χ1n) is 5.25. The van der Waals surface area contributed by atoms with Crippen molar-refractivity contribution in [3.05, 3.63) is 33.7 Å². The molecule has 94 valence electrons. The van der Waals surface area contributed by atoms with Crippen LogP contribution in [0.5, 0.6) is 0 Å². The first kappa shape index (κ1) is 13.7. The highest BCUT2D eigenvalue weighted by Gasteiger charge is 2.00. The lowest BCUT2D eigenvalue weighted by atomic mass is 10.4. The molecule has 17 heavy (non-hydrogen) atoms. The molecule has 1 amide bonds. The number of carbonyl (C=O) groups excluding carboxylic acids is 1. The Kier molecular flexibility index (Phi) is 5.72. The Morgan fingerprint density at radius 2 is 2.29 bits per heavy atom. The lowest BCUT2D eigenvalue weighted by molar-refractivity contribution is -0.124. The molecular formula is C11H15ClN2O3. The fraction of sp³-hybridized carbons (Fsp3) is 0.455. The summed E-state index contributed by atoms with van der Waals surface area (Å²) in [5, 5.41) is 3.20. The predicted octanol–water partition coefficient (Wildman–Crippen LogP) is 0.654. The Morgan fingerprint density at radius 1 is 1.53 bits per heavy atom. The number of amides is 1. The van der Waals surface area contributed by atoms with Gasteiger partial charge in [-0.15, -0.1) is 0 Å². The van der Waals surface area contributed by atoms with Crippen LogP contribution in [0, 0.1) is 0 Å². The second-order valence-corrected chi connectivity index (χ2v) is 3.95. The van der Waals surface area contributed by atoms with Gasteiger partial charge >= 0.3 is 0 Å². The number of hydrogen-bond donors (Lipinski definition) is 1. The summed E-state index contributed by atoms with van der Waals surface area (Å²) in [6.07, 6.45) is 2.25. The van der Waals surface area contributed by atoms with Crippen LogP contribution in [0.15, 0.2) is 23.1 Å². The Balaban J connectivity index is 2.33. The van der Waals surface area contributed by atoms with Crippen molar-refractivity contribution in [2.45, 2.75) is 13.0 Å². The van der Waals surface area contributed by atoms with Crippen molar-refractivity contribution in [2.75, 3.05) is 20.3 Å². The quantitative estimate of drug-likeness (QED) is 0.763. The summed E-state index contributed by atoms with van der Waals surface area (Å²) in [4.78, 5) is 22.4. The first-order chi connectivity index (χ1) is 8.13. The van der Waals surface area contributed by atoms with E-state index in [9.17, 15) is 9.59 Å². The molecule has 0 fully saturated rings. The van der Waals surface area contributed by atoms with E-state index in [2.05, 4.69) is 10.1 Å². The molecule has 0 spiro atoms. The molecule has 0 unspecified atom stereocenters. The number of methoxy groups -OCH3 is 1. The third-order valence-electron chi connectivity index (χ3n) is 2.12. The van der Waals surface area contributed by atoms with Gasteiger partial charge in [0.25, 0.3) is 5.56 Å². The second kappa shape index (κ2) is 7.09. The summed E-state index contributed by atoms with van der Waals surface area (Å²) in [6.45, 7) is 1.07. The molecule has 0 saturated carbocycles. The van der Waals surface area contributed by atoms with Gasteiger partial charge in [0.15, 0.2) is 0 Å². The minimum absolute atomic E-state index is 0.0527. The minimum atomic E-state index is -0.161. The van der Waals surface area contributed by atoms with E-state index in [1.165, 1.54) is 17.7 Å². The lowest BCUT2D eigenvalue weighted by Gasteiger charge is -2.07. The molecule has 1 aromatic heterocycles. The van der Waals surface area contributed by atoms with E-state index in [0.29, 0.717) is 24.5 Å². The van der Waals surface area contributed by atoms with Crippen molar-refractivity contribution >= 4 is 17.5 Å². The summed E-state index contributed by atoms with van der Waals surface area (Å²) >= 11 is 5.78. The number of nitrogens with zero attached hydrogens (tertiary/aromatic N) is 1. The van der Waals surface area contributed by atoms with Crippen molar-refractivity contribution < 1.29 is 9.53 Å². The van der Waals surface area contributed by atoms with Crippen LogP contribution in [0.4, 0.5) is 0 Å². The topological polar surface area (TPSA) is 60.3 Å². The fourth-order valence-corrected chi connectivity index (χ4v) is 1.52. The van der Waals surface area contributed by atoms with E-state index in [0.717, 1.165) is 0 Å².